The van der Waals surface area contributed by atoms with E-state index in [9.17, 15) is 0 Å². The number of H-pyrrole nitrogens is 1. The highest BCUT2D eigenvalue weighted by atomic mass is 32.1. The van der Waals surface area contributed by atoms with E-state index in [1.54, 1.807) is 11.5 Å². The molecule has 0 bridgehead atoms. The van der Waals surface area contributed by atoms with Crippen molar-refractivity contribution in [2.45, 2.75) is 20.8 Å². The number of aryl methyl sites for hydroxylation is 1. The summed E-state index contributed by atoms with van der Waals surface area (Å²) in [6.45, 7) is 9.97. The van der Waals surface area contributed by atoms with E-state index < -0.39 is 0 Å². The summed E-state index contributed by atoms with van der Waals surface area (Å²) < 4.78 is 0. The summed E-state index contributed by atoms with van der Waals surface area (Å²) in [7, 11) is 0. The minimum Gasteiger partial charge on any atom is -0.359 e. The zero-order chi connectivity index (χ0) is 17.5. The highest BCUT2D eigenvalue weighted by Gasteiger charge is 2.03. The van der Waals surface area contributed by atoms with E-state index in [1.165, 1.54) is 5.56 Å². The first-order chi connectivity index (χ1) is 11.6. The summed E-state index contributed by atoms with van der Waals surface area (Å²) in [4.78, 5) is 3.44. The third-order valence-electron chi connectivity index (χ3n) is 3.72. The lowest BCUT2D eigenvalue weighted by Crippen LogP contribution is -2.26. The van der Waals surface area contributed by atoms with Crippen molar-refractivity contribution in [2.24, 2.45) is 0 Å². The Morgan fingerprint density at radius 1 is 1.25 bits per heavy atom. The maximum atomic E-state index is 4.31. The van der Waals surface area contributed by atoms with Crippen molar-refractivity contribution < 1.29 is 0 Å². The second kappa shape index (κ2) is 8.46. The summed E-state index contributed by atoms with van der Waals surface area (Å²) in [5.74, 6) is 0. The zero-order valence-electron chi connectivity index (χ0n) is 14.4. The molecule has 1 aromatic carbocycles. The minimum absolute atomic E-state index is 1.02. The first-order valence-electron chi connectivity index (χ1n) is 7.93. The van der Waals surface area contributed by atoms with Gasteiger partial charge in [0.25, 0.3) is 0 Å². The maximum absolute atomic E-state index is 4.31. The molecule has 3 heteroatoms. The van der Waals surface area contributed by atoms with Crippen LogP contribution in [0.5, 0.6) is 0 Å². The van der Waals surface area contributed by atoms with Crippen molar-refractivity contribution in [3.8, 4) is 0 Å². The predicted molar refractivity (Wildman–Crippen MR) is 110 cm³/mol. The SMILES string of the molecule is C=C/C=c1/[nH]c(C(/C=C\C)=C/S)c/c1=C(/C)Nc1ccc(C)cc1. The highest BCUT2D eigenvalue weighted by molar-refractivity contribution is 7.83. The third-order valence-corrected chi connectivity index (χ3v) is 3.99. The average molecular weight is 337 g/mol. The van der Waals surface area contributed by atoms with Crippen molar-refractivity contribution in [2.75, 3.05) is 5.32 Å². The summed E-state index contributed by atoms with van der Waals surface area (Å²) in [5, 5.41) is 7.41. The molecule has 0 aliphatic rings. The molecule has 2 nitrogen and oxygen atoms in total. The standard InChI is InChI=1S/C21H24N2S/c1-5-7-17(14-24)21-13-19(20(23-21)8-6-2)16(4)22-18-11-9-15(3)10-12-18/h5-14,22-24H,2H2,1,3-4H3/b7-5-,17-14+,19-16+,20-8+. The monoisotopic (exact) mass is 336 g/mol. The minimum atomic E-state index is 1.02. The molecule has 0 saturated carbocycles. The Hall–Kier alpha value is -2.39. The summed E-state index contributed by atoms with van der Waals surface area (Å²) >= 11 is 4.31. The van der Waals surface area contributed by atoms with Crippen LogP contribution in [0.15, 0.2) is 60.5 Å². The van der Waals surface area contributed by atoms with E-state index in [2.05, 4.69) is 73.7 Å². The first kappa shape index (κ1) is 18.0. The van der Waals surface area contributed by atoms with Crippen LogP contribution >= 0.6 is 12.6 Å². The van der Waals surface area contributed by atoms with Crippen molar-refractivity contribution in [1.82, 2.24) is 4.98 Å². The smallest absolute Gasteiger partial charge is 0.0476 e. The van der Waals surface area contributed by atoms with Gasteiger partial charge >= 0.3 is 0 Å². The van der Waals surface area contributed by atoms with E-state index in [4.69, 9.17) is 0 Å². The molecule has 0 amide bonds. The van der Waals surface area contributed by atoms with Crippen LogP contribution in [0.25, 0.3) is 17.3 Å². The number of rotatable bonds is 5. The predicted octanol–water partition coefficient (Wildman–Crippen LogP) is 4.38. The van der Waals surface area contributed by atoms with Crippen molar-refractivity contribution in [1.29, 1.82) is 0 Å². The third kappa shape index (κ3) is 4.33. The van der Waals surface area contributed by atoms with Crippen LogP contribution < -0.4 is 15.9 Å². The van der Waals surface area contributed by atoms with Gasteiger partial charge in [-0.05, 0) is 50.5 Å². The van der Waals surface area contributed by atoms with Gasteiger partial charge < -0.3 is 10.3 Å². The molecule has 0 fully saturated rings. The number of benzene rings is 1. The van der Waals surface area contributed by atoms with Crippen molar-refractivity contribution >= 4 is 35.7 Å². The molecular formula is C21H24N2S. The Bertz CT molecular complexity index is 881. The Labute approximate surface area is 149 Å². The largest absolute Gasteiger partial charge is 0.359 e. The van der Waals surface area contributed by atoms with Gasteiger partial charge in [-0.25, -0.2) is 0 Å². The molecule has 1 heterocycles. The molecule has 124 valence electrons. The Balaban J connectivity index is 2.54. The number of aromatic nitrogens is 1. The summed E-state index contributed by atoms with van der Waals surface area (Å²) in [6.07, 6.45) is 7.80. The maximum Gasteiger partial charge on any atom is 0.0476 e. The van der Waals surface area contributed by atoms with Gasteiger partial charge in [0.2, 0.25) is 0 Å². The molecule has 1 aromatic heterocycles. The lowest BCUT2D eigenvalue weighted by Gasteiger charge is -2.06. The number of thiol groups is 1. The van der Waals surface area contributed by atoms with Gasteiger partial charge in [-0.1, -0.05) is 42.5 Å². The topological polar surface area (TPSA) is 27.8 Å². The summed E-state index contributed by atoms with van der Waals surface area (Å²) in [5.41, 5.74) is 5.46. The van der Waals surface area contributed by atoms with Crippen LogP contribution in [-0.2, 0) is 0 Å². The molecule has 0 saturated heterocycles. The van der Waals surface area contributed by atoms with E-state index in [-0.39, 0.29) is 0 Å². The molecule has 0 aliphatic carbocycles. The number of hydrogen-bond donors (Lipinski definition) is 3. The van der Waals surface area contributed by atoms with Gasteiger partial charge in [-0.2, -0.15) is 12.6 Å². The fraction of sp³-hybridized carbons (Fsp3) is 0.143. The molecule has 0 aliphatic heterocycles. The second-order valence-electron chi connectivity index (χ2n) is 5.61. The molecule has 2 aromatic rings. The quantitative estimate of drug-likeness (QED) is 0.549. The van der Waals surface area contributed by atoms with Gasteiger partial charge in [0, 0.05) is 33.2 Å². The molecule has 24 heavy (non-hydrogen) atoms. The van der Waals surface area contributed by atoms with E-state index in [1.807, 2.05) is 25.2 Å². The number of allylic oxidation sites excluding steroid dienone is 4. The van der Waals surface area contributed by atoms with Crippen LogP contribution in [0.3, 0.4) is 0 Å². The Morgan fingerprint density at radius 2 is 1.96 bits per heavy atom. The second-order valence-corrected chi connectivity index (χ2v) is 5.87. The number of hydrogen-bond acceptors (Lipinski definition) is 2. The average Bonchev–Trinajstić information content (AvgIpc) is 2.99. The molecule has 2 rings (SSSR count). The van der Waals surface area contributed by atoms with Gasteiger partial charge in [-0.3, -0.25) is 0 Å². The van der Waals surface area contributed by atoms with Gasteiger partial charge in [0.15, 0.2) is 0 Å². The van der Waals surface area contributed by atoms with Gasteiger partial charge in [0.05, 0.1) is 0 Å². The molecule has 0 spiro atoms. The van der Waals surface area contributed by atoms with Crippen molar-refractivity contribution in [3.05, 3.63) is 82.4 Å². The van der Waals surface area contributed by atoms with E-state index in [0.29, 0.717) is 0 Å². The Morgan fingerprint density at radius 3 is 2.54 bits per heavy atom. The molecule has 0 atom stereocenters. The van der Waals surface area contributed by atoms with Crippen LogP contribution in [-0.4, -0.2) is 4.98 Å². The zero-order valence-corrected chi connectivity index (χ0v) is 15.3. The van der Waals surface area contributed by atoms with E-state index >= 15 is 0 Å². The first-order valence-corrected chi connectivity index (χ1v) is 8.44. The van der Waals surface area contributed by atoms with Gasteiger partial charge in [0.1, 0.15) is 0 Å². The number of aromatic amines is 1. The molecule has 2 N–H and O–H groups in total. The summed E-state index contributed by atoms with van der Waals surface area (Å²) in [6, 6.07) is 10.5. The normalized spacial score (nSPS) is 14.2. The van der Waals surface area contributed by atoms with Crippen LogP contribution in [0.1, 0.15) is 25.1 Å². The lowest BCUT2D eigenvalue weighted by molar-refractivity contribution is 1.28. The molecular weight excluding hydrogens is 312 g/mol. The molecule has 0 radical (unpaired) electrons. The number of anilines is 1. The Kier molecular flexibility index (Phi) is 6.33. The fourth-order valence-corrected chi connectivity index (χ4v) is 2.71. The van der Waals surface area contributed by atoms with Gasteiger partial charge in [-0.15, -0.1) is 0 Å². The van der Waals surface area contributed by atoms with E-state index in [0.717, 1.165) is 33.2 Å². The highest BCUT2D eigenvalue weighted by Crippen LogP contribution is 2.13. The van der Waals surface area contributed by atoms with Crippen LogP contribution in [0, 0.1) is 6.92 Å². The fourth-order valence-electron chi connectivity index (χ4n) is 2.49. The van der Waals surface area contributed by atoms with Crippen molar-refractivity contribution in [3.63, 3.8) is 0 Å². The van der Waals surface area contributed by atoms with Crippen LogP contribution in [0.2, 0.25) is 0 Å². The van der Waals surface area contributed by atoms with Crippen LogP contribution in [0.4, 0.5) is 5.69 Å². The lowest BCUT2D eigenvalue weighted by atomic mass is 10.2. The number of nitrogens with one attached hydrogen (secondary N) is 2. The molecule has 0 unspecified atom stereocenters.